The Kier molecular flexibility index (Phi) is 4.43. The zero-order valence-corrected chi connectivity index (χ0v) is 13.8. The van der Waals surface area contributed by atoms with Crippen LogP contribution in [0.2, 0.25) is 0 Å². The number of anilines is 1. The van der Waals surface area contributed by atoms with Gasteiger partial charge in [0.1, 0.15) is 10.8 Å². The van der Waals surface area contributed by atoms with Crippen LogP contribution >= 0.6 is 39.5 Å². The highest BCUT2D eigenvalue weighted by atomic mass is 79.9. The molecule has 2 aromatic rings. The second kappa shape index (κ2) is 5.76. The Hall–Kier alpha value is -1.03. The highest BCUT2D eigenvalue weighted by Crippen LogP contribution is 2.29. The van der Waals surface area contributed by atoms with E-state index in [2.05, 4.69) is 20.7 Å². The second-order valence-corrected chi connectivity index (χ2v) is 7.81. The van der Waals surface area contributed by atoms with E-state index >= 15 is 0 Å². The first-order chi connectivity index (χ1) is 9.31. The van der Waals surface area contributed by atoms with Crippen LogP contribution in [0.3, 0.4) is 0 Å². The molecule has 0 bridgehead atoms. The van der Waals surface area contributed by atoms with Crippen molar-refractivity contribution in [1.29, 1.82) is 0 Å². The maximum atomic E-state index is 13.4. The molecule has 106 valence electrons. The molecule has 1 heterocycles. The fourth-order valence-corrected chi connectivity index (χ4v) is 5.00. The van der Waals surface area contributed by atoms with E-state index in [1.54, 1.807) is 11.4 Å². The summed E-state index contributed by atoms with van der Waals surface area (Å²) in [6, 6.07) is 5.30. The van der Waals surface area contributed by atoms with Gasteiger partial charge in [-0.15, -0.1) is 11.3 Å². The lowest BCUT2D eigenvalue weighted by Gasteiger charge is -2.09. The Morgan fingerprint density at radius 3 is 2.65 bits per heavy atom. The smallest absolute Gasteiger partial charge is 0.272 e. The van der Waals surface area contributed by atoms with Gasteiger partial charge in [0, 0.05) is 15.7 Å². The molecule has 1 aromatic heterocycles. The van der Waals surface area contributed by atoms with E-state index in [9.17, 15) is 12.8 Å². The summed E-state index contributed by atoms with van der Waals surface area (Å²) in [5.74, 6) is -0.599. The molecule has 9 heteroatoms. The van der Waals surface area contributed by atoms with Crippen molar-refractivity contribution in [2.24, 2.45) is 5.73 Å². The van der Waals surface area contributed by atoms with E-state index in [0.717, 1.165) is 17.4 Å². The van der Waals surface area contributed by atoms with E-state index in [0.29, 0.717) is 4.47 Å². The van der Waals surface area contributed by atoms with Gasteiger partial charge >= 0.3 is 0 Å². The molecule has 0 radical (unpaired) electrons. The molecule has 4 nitrogen and oxygen atoms in total. The van der Waals surface area contributed by atoms with Crippen LogP contribution < -0.4 is 10.5 Å². The van der Waals surface area contributed by atoms with Crippen LogP contribution in [0.1, 0.15) is 5.56 Å². The minimum atomic E-state index is -3.74. The van der Waals surface area contributed by atoms with Gasteiger partial charge in [-0.1, -0.05) is 12.2 Å². The second-order valence-electron chi connectivity index (χ2n) is 3.72. The van der Waals surface area contributed by atoms with Crippen molar-refractivity contribution in [3.8, 4) is 0 Å². The first kappa shape index (κ1) is 15.4. The molecule has 0 aliphatic rings. The predicted octanol–water partition coefficient (Wildman–Crippen LogP) is 3.08. The molecule has 0 saturated carbocycles. The summed E-state index contributed by atoms with van der Waals surface area (Å²) in [6.07, 6.45) is 0. The number of thiophene rings is 1. The third kappa shape index (κ3) is 3.17. The Labute approximate surface area is 133 Å². The van der Waals surface area contributed by atoms with E-state index in [4.69, 9.17) is 18.0 Å². The number of sulfonamides is 1. The lowest BCUT2D eigenvalue weighted by molar-refractivity contribution is 0.602. The molecule has 0 saturated heterocycles. The van der Waals surface area contributed by atoms with Gasteiger partial charge in [-0.05, 0) is 45.6 Å². The Morgan fingerprint density at radius 1 is 1.40 bits per heavy atom. The lowest BCUT2D eigenvalue weighted by Crippen LogP contribution is -2.15. The van der Waals surface area contributed by atoms with Crippen molar-refractivity contribution in [2.45, 2.75) is 4.21 Å². The number of nitrogens with two attached hydrogens (primary N) is 1. The third-order valence-corrected chi connectivity index (χ3v) is 6.58. The molecule has 0 atom stereocenters. The van der Waals surface area contributed by atoms with Crippen molar-refractivity contribution >= 4 is 60.2 Å². The van der Waals surface area contributed by atoms with Crippen LogP contribution in [0.4, 0.5) is 10.1 Å². The molecule has 0 fully saturated rings. The highest BCUT2D eigenvalue weighted by molar-refractivity contribution is 9.10. The zero-order valence-electron chi connectivity index (χ0n) is 9.76. The van der Waals surface area contributed by atoms with Crippen molar-refractivity contribution < 1.29 is 12.8 Å². The van der Waals surface area contributed by atoms with Gasteiger partial charge in [0.25, 0.3) is 10.0 Å². The van der Waals surface area contributed by atoms with Crippen molar-refractivity contribution in [3.05, 3.63) is 45.5 Å². The van der Waals surface area contributed by atoms with E-state index in [1.807, 2.05) is 0 Å². The van der Waals surface area contributed by atoms with Gasteiger partial charge in [0.2, 0.25) is 0 Å². The van der Waals surface area contributed by atoms with Crippen molar-refractivity contribution in [1.82, 2.24) is 0 Å². The van der Waals surface area contributed by atoms with Gasteiger partial charge in [-0.25, -0.2) is 12.8 Å². The van der Waals surface area contributed by atoms with Crippen LogP contribution in [0.5, 0.6) is 0 Å². The number of halogens is 2. The average molecular weight is 395 g/mol. The normalized spacial score (nSPS) is 11.3. The minimum Gasteiger partial charge on any atom is -0.389 e. The van der Waals surface area contributed by atoms with Gasteiger partial charge in [-0.2, -0.15) is 0 Å². The minimum absolute atomic E-state index is 0.00885. The first-order valence-corrected chi connectivity index (χ1v) is 8.73. The summed E-state index contributed by atoms with van der Waals surface area (Å²) in [5, 5.41) is 1.64. The molecule has 0 aliphatic carbocycles. The maximum Gasteiger partial charge on any atom is 0.272 e. The molecule has 1 aromatic carbocycles. The maximum absolute atomic E-state index is 13.4. The largest absolute Gasteiger partial charge is 0.389 e. The quantitative estimate of drug-likeness (QED) is 0.781. The Balaban J connectivity index is 2.38. The van der Waals surface area contributed by atoms with Crippen LogP contribution in [-0.4, -0.2) is 13.4 Å². The third-order valence-electron chi connectivity index (χ3n) is 2.31. The molecule has 0 aliphatic heterocycles. The number of hydrogen-bond acceptors (Lipinski definition) is 4. The Bertz CT molecular complexity index is 774. The summed E-state index contributed by atoms with van der Waals surface area (Å²) < 4.78 is 40.7. The molecule has 0 spiro atoms. The molecule has 0 unspecified atom stereocenters. The SMILES string of the molecule is NC(=S)c1cc(NS(=O)(=O)c2sccc2Br)ccc1F. The van der Waals surface area contributed by atoms with E-state index in [1.165, 1.54) is 12.1 Å². The molecular formula is C11H8BrFN2O2S3. The summed E-state index contributed by atoms with van der Waals surface area (Å²) in [4.78, 5) is -0.138. The number of thiocarbonyl (C=S) groups is 1. The molecule has 0 amide bonds. The number of hydrogen-bond donors (Lipinski definition) is 2. The average Bonchev–Trinajstić information content (AvgIpc) is 2.78. The summed E-state index contributed by atoms with van der Waals surface area (Å²) in [5.41, 5.74) is 5.56. The van der Waals surface area contributed by atoms with Crippen molar-refractivity contribution in [2.75, 3.05) is 4.72 Å². The van der Waals surface area contributed by atoms with Crippen LogP contribution in [0, 0.1) is 5.82 Å². The summed E-state index contributed by atoms with van der Waals surface area (Å²) in [6.45, 7) is 0. The predicted molar refractivity (Wildman–Crippen MR) is 85.1 cm³/mol. The molecule has 20 heavy (non-hydrogen) atoms. The van der Waals surface area contributed by atoms with Crippen LogP contribution in [0.25, 0.3) is 0 Å². The first-order valence-electron chi connectivity index (χ1n) is 5.16. The standard InChI is InChI=1S/C11H8BrFN2O2S3/c12-8-3-4-19-11(8)20(16,17)15-6-1-2-9(13)7(5-6)10(14)18/h1-5,15H,(H2,14,18). The topological polar surface area (TPSA) is 72.2 Å². The van der Waals surface area contributed by atoms with Crippen LogP contribution in [-0.2, 0) is 10.0 Å². The highest BCUT2D eigenvalue weighted by Gasteiger charge is 2.20. The fraction of sp³-hybridized carbons (Fsp3) is 0. The van der Waals surface area contributed by atoms with Gasteiger partial charge in [0.15, 0.2) is 4.21 Å². The zero-order chi connectivity index (χ0) is 14.9. The van der Waals surface area contributed by atoms with Crippen LogP contribution in [0.15, 0.2) is 38.3 Å². The van der Waals surface area contributed by atoms with Gasteiger partial charge < -0.3 is 5.73 Å². The molecular weight excluding hydrogens is 387 g/mol. The van der Waals surface area contributed by atoms with Gasteiger partial charge in [0.05, 0.1) is 0 Å². The van der Waals surface area contributed by atoms with E-state index < -0.39 is 15.8 Å². The van der Waals surface area contributed by atoms with E-state index in [-0.39, 0.29) is 20.4 Å². The molecule has 3 N–H and O–H groups in total. The monoisotopic (exact) mass is 394 g/mol. The summed E-state index contributed by atoms with van der Waals surface area (Å²) in [7, 11) is -3.74. The number of nitrogens with one attached hydrogen (secondary N) is 1. The number of benzene rings is 1. The Morgan fingerprint density at radius 2 is 2.10 bits per heavy atom. The van der Waals surface area contributed by atoms with Crippen molar-refractivity contribution in [3.63, 3.8) is 0 Å². The fourth-order valence-electron chi connectivity index (χ4n) is 1.45. The number of rotatable bonds is 4. The van der Waals surface area contributed by atoms with Gasteiger partial charge in [-0.3, -0.25) is 4.72 Å². The summed E-state index contributed by atoms with van der Waals surface area (Å²) >= 11 is 8.93. The molecule has 2 rings (SSSR count). The lowest BCUT2D eigenvalue weighted by atomic mass is 10.2.